The van der Waals surface area contributed by atoms with E-state index in [1.54, 1.807) is 14.2 Å². The Labute approximate surface area is 124 Å². The highest BCUT2D eigenvalue weighted by Gasteiger charge is 2.12. The number of nitrogens with zero attached hydrogens (tertiary/aromatic N) is 2. The van der Waals surface area contributed by atoms with Crippen LogP contribution in [0.5, 0.6) is 11.5 Å². The lowest BCUT2D eigenvalue weighted by Gasteiger charge is -2.12. The van der Waals surface area contributed by atoms with E-state index in [0.29, 0.717) is 11.5 Å². The van der Waals surface area contributed by atoms with E-state index in [4.69, 9.17) is 15.2 Å². The lowest BCUT2D eigenvalue weighted by Crippen LogP contribution is -2.07. The second-order valence-corrected chi connectivity index (χ2v) is 4.79. The highest BCUT2D eigenvalue weighted by Crippen LogP contribution is 2.34. The molecule has 0 atom stereocenters. The summed E-state index contributed by atoms with van der Waals surface area (Å²) in [5, 5.41) is 4.20. The molecule has 6 heteroatoms. The number of anilines is 2. The number of unbranched alkanes of at least 4 members (excludes halogenated alkanes) is 2. The quantitative estimate of drug-likeness (QED) is 0.763. The van der Waals surface area contributed by atoms with Crippen molar-refractivity contribution < 1.29 is 9.47 Å². The van der Waals surface area contributed by atoms with E-state index in [1.165, 1.54) is 12.8 Å². The van der Waals surface area contributed by atoms with Gasteiger partial charge in [-0.05, 0) is 12.5 Å². The molecular formula is C15H22N4O2. The predicted molar refractivity (Wildman–Crippen MR) is 85.1 cm³/mol. The Morgan fingerprint density at radius 3 is 2.48 bits per heavy atom. The highest BCUT2D eigenvalue weighted by molar-refractivity contribution is 5.92. The molecule has 0 amide bonds. The Balaban J connectivity index is 2.39. The molecule has 1 aromatic heterocycles. The zero-order valence-electron chi connectivity index (χ0n) is 12.8. The molecule has 0 spiro atoms. The fourth-order valence-electron chi connectivity index (χ4n) is 2.19. The summed E-state index contributed by atoms with van der Waals surface area (Å²) in [5.41, 5.74) is 6.52. The van der Waals surface area contributed by atoms with Gasteiger partial charge in [0.15, 0.2) is 11.5 Å². The second-order valence-electron chi connectivity index (χ2n) is 4.79. The average molecular weight is 290 g/mol. The smallest absolute Gasteiger partial charge is 0.222 e. The van der Waals surface area contributed by atoms with Crippen molar-refractivity contribution in [2.75, 3.05) is 31.8 Å². The standard InChI is InChI=1S/C15H22N4O2/c1-4-5-6-7-17-14-10-8-12(20-2)13(21-3)9-11(10)18-15(16)19-14/h8-9H,4-7H2,1-3H3,(H3,16,17,18,19). The van der Waals surface area contributed by atoms with Crippen LogP contribution in [0.15, 0.2) is 12.1 Å². The molecule has 2 rings (SSSR count). The van der Waals surface area contributed by atoms with E-state index in [-0.39, 0.29) is 5.95 Å². The summed E-state index contributed by atoms with van der Waals surface area (Å²) in [4.78, 5) is 8.54. The first-order valence-corrected chi connectivity index (χ1v) is 7.12. The number of nitrogens with two attached hydrogens (primary N) is 1. The first-order chi connectivity index (χ1) is 10.2. The van der Waals surface area contributed by atoms with Crippen LogP contribution in [-0.2, 0) is 0 Å². The molecule has 0 bridgehead atoms. The van der Waals surface area contributed by atoms with E-state index < -0.39 is 0 Å². The number of nitrogens with one attached hydrogen (secondary N) is 1. The first-order valence-electron chi connectivity index (χ1n) is 7.12. The molecule has 6 nitrogen and oxygen atoms in total. The van der Waals surface area contributed by atoms with Gasteiger partial charge in [-0.15, -0.1) is 0 Å². The summed E-state index contributed by atoms with van der Waals surface area (Å²) in [7, 11) is 3.20. The maximum Gasteiger partial charge on any atom is 0.222 e. The summed E-state index contributed by atoms with van der Waals surface area (Å²) in [6.45, 7) is 3.03. The van der Waals surface area contributed by atoms with Crippen LogP contribution in [0.4, 0.5) is 11.8 Å². The number of ether oxygens (including phenoxy) is 2. The molecule has 21 heavy (non-hydrogen) atoms. The number of benzene rings is 1. The molecule has 3 N–H and O–H groups in total. The summed E-state index contributed by atoms with van der Waals surface area (Å²) in [5.74, 6) is 2.25. The molecule has 0 radical (unpaired) electrons. The Kier molecular flexibility index (Phi) is 5.03. The minimum Gasteiger partial charge on any atom is -0.493 e. The molecule has 114 valence electrons. The summed E-state index contributed by atoms with van der Waals surface area (Å²) < 4.78 is 10.6. The van der Waals surface area contributed by atoms with E-state index in [1.807, 2.05) is 12.1 Å². The second kappa shape index (κ2) is 6.97. The van der Waals surface area contributed by atoms with Gasteiger partial charge in [0.2, 0.25) is 5.95 Å². The third-order valence-electron chi connectivity index (χ3n) is 3.29. The van der Waals surface area contributed by atoms with Crippen molar-refractivity contribution in [2.24, 2.45) is 0 Å². The van der Waals surface area contributed by atoms with Crippen molar-refractivity contribution in [3.05, 3.63) is 12.1 Å². The third kappa shape index (κ3) is 3.45. The fraction of sp³-hybridized carbons (Fsp3) is 0.467. The van der Waals surface area contributed by atoms with Crippen LogP contribution in [0.2, 0.25) is 0 Å². The fourth-order valence-corrected chi connectivity index (χ4v) is 2.19. The van der Waals surface area contributed by atoms with Crippen molar-refractivity contribution in [3.8, 4) is 11.5 Å². The summed E-state index contributed by atoms with van der Waals surface area (Å²) in [6, 6.07) is 3.68. The minimum absolute atomic E-state index is 0.243. The van der Waals surface area contributed by atoms with Gasteiger partial charge < -0.3 is 20.5 Å². The monoisotopic (exact) mass is 290 g/mol. The molecule has 0 aliphatic rings. The van der Waals surface area contributed by atoms with Gasteiger partial charge in [0.05, 0.1) is 19.7 Å². The number of nitrogen functional groups attached to an aromatic ring is 1. The van der Waals surface area contributed by atoms with Crippen LogP contribution < -0.4 is 20.5 Å². The van der Waals surface area contributed by atoms with Gasteiger partial charge in [-0.25, -0.2) is 4.98 Å². The van der Waals surface area contributed by atoms with Crippen molar-refractivity contribution in [1.29, 1.82) is 0 Å². The Morgan fingerprint density at radius 1 is 1.10 bits per heavy atom. The topological polar surface area (TPSA) is 82.3 Å². The summed E-state index contributed by atoms with van der Waals surface area (Å²) >= 11 is 0. The Morgan fingerprint density at radius 2 is 1.81 bits per heavy atom. The average Bonchev–Trinajstić information content (AvgIpc) is 2.49. The number of hydrogen-bond donors (Lipinski definition) is 2. The molecule has 2 aromatic rings. The van der Waals surface area contributed by atoms with Gasteiger partial charge in [-0.2, -0.15) is 4.98 Å². The van der Waals surface area contributed by atoms with E-state index in [2.05, 4.69) is 22.2 Å². The third-order valence-corrected chi connectivity index (χ3v) is 3.29. The van der Waals surface area contributed by atoms with Crippen LogP contribution in [0, 0.1) is 0 Å². The maximum atomic E-state index is 5.78. The molecule has 0 unspecified atom stereocenters. The zero-order chi connectivity index (χ0) is 15.2. The molecular weight excluding hydrogens is 268 g/mol. The normalized spacial score (nSPS) is 10.6. The maximum absolute atomic E-state index is 5.78. The van der Waals surface area contributed by atoms with Gasteiger partial charge >= 0.3 is 0 Å². The first kappa shape index (κ1) is 15.2. The lowest BCUT2D eigenvalue weighted by atomic mass is 10.2. The Bertz CT molecular complexity index is 616. The molecule has 1 heterocycles. The SMILES string of the molecule is CCCCCNc1nc(N)nc2cc(OC)c(OC)cc12. The van der Waals surface area contributed by atoms with Crippen LogP contribution in [0.1, 0.15) is 26.2 Å². The predicted octanol–water partition coefficient (Wildman–Crippen LogP) is 2.83. The van der Waals surface area contributed by atoms with Crippen LogP contribution in [0.25, 0.3) is 10.9 Å². The van der Waals surface area contributed by atoms with E-state index >= 15 is 0 Å². The van der Waals surface area contributed by atoms with E-state index in [9.17, 15) is 0 Å². The molecule has 0 aliphatic heterocycles. The number of fused-ring (bicyclic) bond motifs is 1. The molecule has 0 aliphatic carbocycles. The van der Waals surface area contributed by atoms with Crippen LogP contribution in [0.3, 0.4) is 0 Å². The molecule has 1 aromatic carbocycles. The van der Waals surface area contributed by atoms with Crippen molar-refractivity contribution in [3.63, 3.8) is 0 Å². The van der Waals surface area contributed by atoms with Crippen LogP contribution in [-0.4, -0.2) is 30.7 Å². The van der Waals surface area contributed by atoms with Crippen molar-refractivity contribution in [1.82, 2.24) is 9.97 Å². The van der Waals surface area contributed by atoms with Crippen molar-refractivity contribution >= 4 is 22.7 Å². The van der Waals surface area contributed by atoms with Gasteiger partial charge in [0, 0.05) is 18.0 Å². The number of aromatic nitrogens is 2. The lowest BCUT2D eigenvalue weighted by molar-refractivity contribution is 0.356. The number of hydrogen-bond acceptors (Lipinski definition) is 6. The van der Waals surface area contributed by atoms with Gasteiger partial charge in [-0.3, -0.25) is 0 Å². The molecule has 0 fully saturated rings. The Hall–Kier alpha value is -2.24. The molecule has 0 saturated heterocycles. The van der Waals surface area contributed by atoms with E-state index in [0.717, 1.165) is 29.7 Å². The van der Waals surface area contributed by atoms with Gasteiger partial charge in [0.25, 0.3) is 0 Å². The van der Waals surface area contributed by atoms with Crippen molar-refractivity contribution in [2.45, 2.75) is 26.2 Å². The highest BCUT2D eigenvalue weighted by atomic mass is 16.5. The number of methoxy groups -OCH3 is 2. The van der Waals surface area contributed by atoms with Gasteiger partial charge in [-0.1, -0.05) is 19.8 Å². The number of rotatable bonds is 7. The largest absolute Gasteiger partial charge is 0.493 e. The van der Waals surface area contributed by atoms with Gasteiger partial charge in [0.1, 0.15) is 5.82 Å². The molecule has 0 saturated carbocycles. The van der Waals surface area contributed by atoms with Crippen LogP contribution >= 0.6 is 0 Å². The minimum atomic E-state index is 0.243. The summed E-state index contributed by atoms with van der Waals surface area (Å²) in [6.07, 6.45) is 3.46. The zero-order valence-corrected chi connectivity index (χ0v) is 12.8.